The average molecular weight is 236 g/mol. The number of rotatable bonds is 2. The first-order valence-electron chi connectivity index (χ1n) is 6.38. The van der Waals surface area contributed by atoms with E-state index in [1.165, 1.54) is 18.9 Å². The number of piperidine rings is 1. The Labute approximate surface area is 103 Å². The van der Waals surface area contributed by atoms with Gasteiger partial charge in [-0.05, 0) is 42.9 Å². The van der Waals surface area contributed by atoms with Gasteiger partial charge in [0.1, 0.15) is 5.82 Å². The largest absolute Gasteiger partial charge is 0.397 e. The summed E-state index contributed by atoms with van der Waals surface area (Å²) in [4.78, 5) is 2.21. The molecule has 2 nitrogen and oxygen atoms in total. The summed E-state index contributed by atoms with van der Waals surface area (Å²) < 4.78 is 13.2. The van der Waals surface area contributed by atoms with Crippen LogP contribution in [0.15, 0.2) is 18.2 Å². The maximum absolute atomic E-state index is 13.2. The molecule has 1 heterocycles. The Bertz CT molecular complexity index is 382. The van der Waals surface area contributed by atoms with Gasteiger partial charge < -0.3 is 10.6 Å². The van der Waals surface area contributed by atoms with Gasteiger partial charge in [0.2, 0.25) is 0 Å². The highest BCUT2D eigenvalue weighted by Gasteiger charge is 2.22. The van der Waals surface area contributed by atoms with Gasteiger partial charge in [-0.25, -0.2) is 4.39 Å². The SMILES string of the molecule is CC(C)C1CCN(c2cc(F)ccc2N)CC1. The van der Waals surface area contributed by atoms with E-state index in [9.17, 15) is 4.39 Å². The summed E-state index contributed by atoms with van der Waals surface area (Å²) in [6.07, 6.45) is 2.35. The van der Waals surface area contributed by atoms with Crippen molar-refractivity contribution in [3.8, 4) is 0 Å². The molecule has 0 aliphatic carbocycles. The summed E-state index contributed by atoms with van der Waals surface area (Å²) in [5.74, 6) is 1.32. The number of hydrogen-bond acceptors (Lipinski definition) is 2. The second-order valence-corrected chi connectivity index (χ2v) is 5.27. The van der Waals surface area contributed by atoms with Crippen molar-refractivity contribution in [2.24, 2.45) is 11.8 Å². The third-order valence-electron chi connectivity index (χ3n) is 3.82. The maximum atomic E-state index is 13.2. The summed E-state index contributed by atoms with van der Waals surface area (Å²) in [5, 5.41) is 0. The molecule has 0 radical (unpaired) electrons. The van der Waals surface area contributed by atoms with Crippen LogP contribution in [-0.4, -0.2) is 13.1 Å². The average Bonchev–Trinajstić information content (AvgIpc) is 2.32. The molecule has 0 unspecified atom stereocenters. The van der Waals surface area contributed by atoms with Gasteiger partial charge in [-0.2, -0.15) is 0 Å². The summed E-state index contributed by atoms with van der Waals surface area (Å²) in [6.45, 7) is 6.51. The molecule has 0 atom stereocenters. The molecular weight excluding hydrogens is 215 g/mol. The number of anilines is 2. The lowest BCUT2D eigenvalue weighted by molar-refractivity contribution is 0.311. The Balaban J connectivity index is 2.07. The smallest absolute Gasteiger partial charge is 0.125 e. The summed E-state index contributed by atoms with van der Waals surface area (Å²) >= 11 is 0. The minimum atomic E-state index is -0.208. The van der Waals surface area contributed by atoms with Gasteiger partial charge >= 0.3 is 0 Å². The van der Waals surface area contributed by atoms with Crippen molar-refractivity contribution in [1.82, 2.24) is 0 Å². The van der Waals surface area contributed by atoms with Crippen LogP contribution in [0.2, 0.25) is 0 Å². The predicted octanol–water partition coefficient (Wildman–Crippen LogP) is 3.28. The minimum absolute atomic E-state index is 0.208. The van der Waals surface area contributed by atoms with Crippen molar-refractivity contribution in [3.63, 3.8) is 0 Å². The van der Waals surface area contributed by atoms with Crippen LogP contribution >= 0.6 is 0 Å². The van der Waals surface area contributed by atoms with Crippen molar-refractivity contribution < 1.29 is 4.39 Å². The molecule has 1 fully saturated rings. The fraction of sp³-hybridized carbons (Fsp3) is 0.571. The fourth-order valence-corrected chi connectivity index (χ4v) is 2.60. The van der Waals surface area contributed by atoms with E-state index >= 15 is 0 Å². The first-order chi connectivity index (χ1) is 8.08. The number of nitrogen functional groups attached to an aromatic ring is 1. The summed E-state index contributed by atoms with van der Waals surface area (Å²) in [5.41, 5.74) is 7.44. The minimum Gasteiger partial charge on any atom is -0.397 e. The molecule has 0 aromatic heterocycles. The van der Waals surface area contributed by atoms with E-state index in [0.717, 1.165) is 30.6 Å². The molecule has 1 aromatic carbocycles. The first-order valence-corrected chi connectivity index (χ1v) is 6.38. The van der Waals surface area contributed by atoms with Crippen LogP contribution in [0.5, 0.6) is 0 Å². The van der Waals surface area contributed by atoms with Crippen LogP contribution in [-0.2, 0) is 0 Å². The van der Waals surface area contributed by atoms with Crippen molar-refractivity contribution in [2.75, 3.05) is 23.7 Å². The monoisotopic (exact) mass is 236 g/mol. The van der Waals surface area contributed by atoms with Crippen molar-refractivity contribution in [2.45, 2.75) is 26.7 Å². The van der Waals surface area contributed by atoms with Gasteiger partial charge in [-0.15, -0.1) is 0 Å². The Kier molecular flexibility index (Phi) is 3.55. The van der Waals surface area contributed by atoms with Gasteiger partial charge in [-0.1, -0.05) is 13.8 Å². The highest BCUT2D eigenvalue weighted by atomic mass is 19.1. The molecule has 17 heavy (non-hydrogen) atoms. The third kappa shape index (κ3) is 2.71. The molecule has 2 N–H and O–H groups in total. The van der Waals surface area contributed by atoms with E-state index < -0.39 is 0 Å². The molecule has 1 saturated heterocycles. The van der Waals surface area contributed by atoms with E-state index in [-0.39, 0.29) is 5.82 Å². The highest BCUT2D eigenvalue weighted by molar-refractivity contribution is 5.67. The number of halogens is 1. The molecule has 1 aliphatic heterocycles. The van der Waals surface area contributed by atoms with Gasteiger partial charge in [0.15, 0.2) is 0 Å². The van der Waals surface area contributed by atoms with Gasteiger partial charge in [0, 0.05) is 13.1 Å². The number of hydrogen-bond donors (Lipinski definition) is 1. The molecule has 3 heteroatoms. The van der Waals surface area contributed by atoms with Crippen LogP contribution in [0, 0.1) is 17.7 Å². The predicted molar refractivity (Wildman–Crippen MR) is 70.6 cm³/mol. The van der Waals surface area contributed by atoms with Crippen LogP contribution in [0.3, 0.4) is 0 Å². The van der Waals surface area contributed by atoms with Crippen LogP contribution in [0.1, 0.15) is 26.7 Å². The van der Waals surface area contributed by atoms with E-state index in [4.69, 9.17) is 5.73 Å². The zero-order chi connectivity index (χ0) is 12.4. The second-order valence-electron chi connectivity index (χ2n) is 5.27. The molecule has 1 aliphatic rings. The molecule has 94 valence electrons. The Morgan fingerprint density at radius 3 is 2.53 bits per heavy atom. The quantitative estimate of drug-likeness (QED) is 0.798. The number of benzene rings is 1. The van der Waals surface area contributed by atoms with Gasteiger partial charge in [0.05, 0.1) is 11.4 Å². The molecule has 1 aromatic rings. The second kappa shape index (κ2) is 4.94. The lowest BCUT2D eigenvalue weighted by Crippen LogP contribution is -2.35. The molecule has 0 saturated carbocycles. The van der Waals surface area contributed by atoms with E-state index in [1.807, 2.05) is 0 Å². The van der Waals surface area contributed by atoms with Gasteiger partial charge in [0.25, 0.3) is 0 Å². The Hall–Kier alpha value is -1.25. The summed E-state index contributed by atoms with van der Waals surface area (Å²) in [7, 11) is 0. The Morgan fingerprint density at radius 1 is 1.29 bits per heavy atom. The van der Waals surface area contributed by atoms with Gasteiger partial charge in [-0.3, -0.25) is 0 Å². The van der Waals surface area contributed by atoms with Crippen molar-refractivity contribution in [3.05, 3.63) is 24.0 Å². The van der Waals surface area contributed by atoms with E-state index in [1.54, 1.807) is 12.1 Å². The molecule has 0 spiro atoms. The van der Waals surface area contributed by atoms with E-state index in [0.29, 0.717) is 5.69 Å². The summed E-state index contributed by atoms with van der Waals surface area (Å²) in [6, 6.07) is 4.62. The number of nitrogens with zero attached hydrogens (tertiary/aromatic N) is 1. The van der Waals surface area contributed by atoms with Crippen molar-refractivity contribution >= 4 is 11.4 Å². The van der Waals surface area contributed by atoms with Crippen molar-refractivity contribution in [1.29, 1.82) is 0 Å². The Morgan fingerprint density at radius 2 is 1.94 bits per heavy atom. The maximum Gasteiger partial charge on any atom is 0.125 e. The van der Waals surface area contributed by atoms with Crippen LogP contribution in [0.4, 0.5) is 15.8 Å². The zero-order valence-corrected chi connectivity index (χ0v) is 10.6. The standard InChI is InChI=1S/C14H21FN2/c1-10(2)11-5-7-17(8-6-11)14-9-12(15)3-4-13(14)16/h3-4,9-11H,5-8,16H2,1-2H3. The normalized spacial score (nSPS) is 17.8. The fourth-order valence-electron chi connectivity index (χ4n) is 2.60. The lowest BCUT2D eigenvalue weighted by atomic mass is 9.86. The first kappa shape index (κ1) is 12.2. The molecule has 2 rings (SSSR count). The third-order valence-corrected chi connectivity index (χ3v) is 3.82. The molecule has 0 amide bonds. The van der Waals surface area contributed by atoms with Crippen LogP contribution in [0.25, 0.3) is 0 Å². The molecule has 0 bridgehead atoms. The topological polar surface area (TPSA) is 29.3 Å². The zero-order valence-electron chi connectivity index (χ0n) is 10.6. The van der Waals surface area contributed by atoms with Crippen LogP contribution < -0.4 is 10.6 Å². The number of nitrogens with two attached hydrogens (primary N) is 1. The van der Waals surface area contributed by atoms with E-state index in [2.05, 4.69) is 18.7 Å². The lowest BCUT2D eigenvalue weighted by Gasteiger charge is -2.35. The highest BCUT2D eigenvalue weighted by Crippen LogP contribution is 2.31. The molecular formula is C14H21FN2.